The fourth-order valence-electron chi connectivity index (χ4n) is 1.66. The lowest BCUT2D eigenvalue weighted by molar-refractivity contribution is 0.0696. The zero-order chi connectivity index (χ0) is 14.5. The summed E-state index contributed by atoms with van der Waals surface area (Å²) in [5, 5.41) is 11.6. The number of carbonyl (C=O) groups is 2. The minimum absolute atomic E-state index is 0.180. The number of rotatable bonds is 4. The van der Waals surface area contributed by atoms with Gasteiger partial charge in [-0.1, -0.05) is 12.1 Å². The van der Waals surface area contributed by atoms with Crippen LogP contribution in [-0.2, 0) is 6.54 Å². The van der Waals surface area contributed by atoms with Crippen LogP contribution in [0.4, 0.5) is 0 Å². The third-order valence-corrected chi connectivity index (χ3v) is 3.08. The first kappa shape index (κ1) is 14.1. The molecule has 0 saturated carbocycles. The molecule has 2 aromatic rings. The highest BCUT2D eigenvalue weighted by molar-refractivity contribution is 7.80. The first-order valence-corrected chi connectivity index (χ1v) is 6.40. The van der Waals surface area contributed by atoms with Crippen LogP contribution in [0.1, 0.15) is 26.3 Å². The monoisotopic (exact) mass is 287 g/mol. The molecule has 0 saturated heterocycles. The molecule has 0 fully saturated rings. The molecule has 2 N–H and O–H groups in total. The maximum Gasteiger partial charge on any atom is 0.335 e. The molecule has 0 heterocycles. The molecule has 102 valence electrons. The quantitative estimate of drug-likeness (QED) is 0.757. The van der Waals surface area contributed by atoms with Gasteiger partial charge in [0.25, 0.3) is 5.91 Å². The summed E-state index contributed by atoms with van der Waals surface area (Å²) in [6.07, 6.45) is 0. The molecule has 0 aliphatic heterocycles. The van der Waals surface area contributed by atoms with Gasteiger partial charge in [-0.05, 0) is 42.0 Å². The van der Waals surface area contributed by atoms with Crippen molar-refractivity contribution in [1.82, 2.24) is 5.32 Å². The summed E-state index contributed by atoms with van der Waals surface area (Å²) in [5.41, 5.74) is 1.63. The average molecular weight is 287 g/mol. The SMILES string of the molecule is O=C(O)c1ccc(CNC(=O)c2ccc(S)cc2)cc1. The number of amides is 1. The van der Waals surface area contributed by atoms with Crippen LogP contribution in [0, 0.1) is 0 Å². The molecule has 0 atom stereocenters. The van der Waals surface area contributed by atoms with Gasteiger partial charge in [-0.3, -0.25) is 4.79 Å². The van der Waals surface area contributed by atoms with Gasteiger partial charge in [-0.25, -0.2) is 4.79 Å². The predicted octanol–water partition coefficient (Wildman–Crippen LogP) is 2.60. The lowest BCUT2D eigenvalue weighted by Gasteiger charge is -2.06. The molecule has 4 nitrogen and oxygen atoms in total. The highest BCUT2D eigenvalue weighted by Crippen LogP contribution is 2.08. The zero-order valence-corrected chi connectivity index (χ0v) is 11.4. The van der Waals surface area contributed by atoms with Crippen LogP contribution in [0.15, 0.2) is 53.4 Å². The average Bonchev–Trinajstić information content (AvgIpc) is 2.46. The van der Waals surface area contributed by atoms with E-state index < -0.39 is 5.97 Å². The van der Waals surface area contributed by atoms with Gasteiger partial charge >= 0.3 is 5.97 Å². The molecule has 20 heavy (non-hydrogen) atoms. The molecule has 0 aromatic heterocycles. The first-order valence-electron chi connectivity index (χ1n) is 5.96. The summed E-state index contributed by atoms with van der Waals surface area (Å²) in [5.74, 6) is -1.15. The Hall–Kier alpha value is -2.27. The number of nitrogens with one attached hydrogen (secondary N) is 1. The molecule has 0 bridgehead atoms. The van der Waals surface area contributed by atoms with Crippen molar-refractivity contribution in [2.45, 2.75) is 11.4 Å². The van der Waals surface area contributed by atoms with Gasteiger partial charge in [0.1, 0.15) is 0 Å². The van der Waals surface area contributed by atoms with Gasteiger partial charge in [-0.15, -0.1) is 12.6 Å². The van der Waals surface area contributed by atoms with E-state index in [4.69, 9.17) is 5.11 Å². The topological polar surface area (TPSA) is 66.4 Å². The van der Waals surface area contributed by atoms with Gasteiger partial charge in [0.15, 0.2) is 0 Å². The largest absolute Gasteiger partial charge is 0.478 e. The van der Waals surface area contributed by atoms with E-state index in [1.807, 2.05) is 0 Å². The Balaban J connectivity index is 1.96. The number of hydrogen-bond donors (Lipinski definition) is 3. The number of benzene rings is 2. The molecule has 0 aliphatic rings. The van der Waals surface area contributed by atoms with Crippen LogP contribution in [0.2, 0.25) is 0 Å². The summed E-state index contributed by atoms with van der Waals surface area (Å²) >= 11 is 4.16. The Bertz CT molecular complexity index is 621. The van der Waals surface area contributed by atoms with E-state index in [2.05, 4.69) is 17.9 Å². The number of thiol groups is 1. The number of carboxylic acid groups (broad SMARTS) is 1. The van der Waals surface area contributed by atoms with Crippen molar-refractivity contribution in [3.63, 3.8) is 0 Å². The number of carboxylic acids is 1. The number of hydrogen-bond acceptors (Lipinski definition) is 3. The minimum atomic E-state index is -0.965. The minimum Gasteiger partial charge on any atom is -0.478 e. The van der Waals surface area contributed by atoms with Crippen molar-refractivity contribution < 1.29 is 14.7 Å². The van der Waals surface area contributed by atoms with Gasteiger partial charge in [0, 0.05) is 17.0 Å². The second-order valence-electron chi connectivity index (χ2n) is 4.23. The maximum atomic E-state index is 11.9. The molecule has 0 unspecified atom stereocenters. The Morgan fingerprint density at radius 1 is 0.950 bits per heavy atom. The van der Waals surface area contributed by atoms with E-state index in [9.17, 15) is 9.59 Å². The van der Waals surface area contributed by atoms with Gasteiger partial charge in [0.2, 0.25) is 0 Å². The zero-order valence-electron chi connectivity index (χ0n) is 10.5. The maximum absolute atomic E-state index is 11.9. The fourth-order valence-corrected chi connectivity index (χ4v) is 1.81. The normalized spacial score (nSPS) is 10.1. The smallest absolute Gasteiger partial charge is 0.335 e. The Morgan fingerprint density at radius 2 is 1.50 bits per heavy atom. The molecule has 0 radical (unpaired) electrons. The Morgan fingerprint density at radius 3 is 2.05 bits per heavy atom. The molecule has 1 amide bonds. The van der Waals surface area contributed by atoms with Crippen LogP contribution in [0.25, 0.3) is 0 Å². The van der Waals surface area contributed by atoms with E-state index >= 15 is 0 Å². The number of carbonyl (C=O) groups excluding carboxylic acids is 1. The van der Waals surface area contributed by atoms with Crippen molar-refractivity contribution in [2.75, 3.05) is 0 Å². The highest BCUT2D eigenvalue weighted by Gasteiger charge is 2.05. The second-order valence-corrected chi connectivity index (χ2v) is 4.75. The summed E-state index contributed by atoms with van der Waals surface area (Å²) in [6, 6.07) is 13.3. The lowest BCUT2D eigenvalue weighted by atomic mass is 10.1. The van der Waals surface area contributed by atoms with E-state index in [1.165, 1.54) is 12.1 Å². The first-order chi connectivity index (χ1) is 9.56. The molecule has 0 aliphatic carbocycles. The lowest BCUT2D eigenvalue weighted by Crippen LogP contribution is -2.22. The predicted molar refractivity (Wildman–Crippen MR) is 78.3 cm³/mol. The standard InChI is InChI=1S/C15H13NO3S/c17-14(11-5-7-13(20)8-6-11)16-9-10-1-3-12(4-2-10)15(18)19/h1-8,20H,9H2,(H,16,17)(H,18,19). The molecule has 2 aromatic carbocycles. The van der Waals surface area contributed by atoms with E-state index in [1.54, 1.807) is 36.4 Å². The van der Waals surface area contributed by atoms with Crippen LogP contribution in [-0.4, -0.2) is 17.0 Å². The van der Waals surface area contributed by atoms with Crippen LogP contribution in [0.5, 0.6) is 0 Å². The highest BCUT2D eigenvalue weighted by atomic mass is 32.1. The van der Waals surface area contributed by atoms with E-state index in [0.717, 1.165) is 10.5 Å². The third-order valence-electron chi connectivity index (χ3n) is 2.78. The molecular formula is C15H13NO3S. The van der Waals surface area contributed by atoms with Crippen molar-refractivity contribution >= 4 is 24.5 Å². The molecule has 0 spiro atoms. The molecule has 2 rings (SSSR count). The fraction of sp³-hybridized carbons (Fsp3) is 0.0667. The molecular weight excluding hydrogens is 274 g/mol. The molecule has 5 heteroatoms. The van der Waals surface area contributed by atoms with Crippen molar-refractivity contribution in [3.8, 4) is 0 Å². The van der Waals surface area contributed by atoms with Gasteiger partial charge in [0.05, 0.1) is 5.56 Å². The summed E-state index contributed by atoms with van der Waals surface area (Å²) in [4.78, 5) is 23.4. The van der Waals surface area contributed by atoms with Gasteiger partial charge in [-0.2, -0.15) is 0 Å². The second kappa shape index (κ2) is 6.25. The summed E-state index contributed by atoms with van der Waals surface area (Å²) < 4.78 is 0. The summed E-state index contributed by atoms with van der Waals surface area (Å²) in [7, 11) is 0. The summed E-state index contributed by atoms with van der Waals surface area (Å²) in [6.45, 7) is 0.349. The van der Waals surface area contributed by atoms with E-state index in [0.29, 0.717) is 12.1 Å². The van der Waals surface area contributed by atoms with Crippen molar-refractivity contribution in [1.29, 1.82) is 0 Å². The van der Waals surface area contributed by atoms with Crippen molar-refractivity contribution in [2.24, 2.45) is 0 Å². The van der Waals surface area contributed by atoms with Crippen LogP contribution in [0.3, 0.4) is 0 Å². The van der Waals surface area contributed by atoms with Crippen LogP contribution >= 0.6 is 12.6 Å². The third kappa shape index (κ3) is 3.61. The van der Waals surface area contributed by atoms with Gasteiger partial charge < -0.3 is 10.4 Å². The Labute approximate surface area is 121 Å². The van der Waals surface area contributed by atoms with Crippen LogP contribution < -0.4 is 5.32 Å². The van der Waals surface area contributed by atoms with Crippen molar-refractivity contribution in [3.05, 3.63) is 65.2 Å². The van der Waals surface area contributed by atoms with E-state index in [-0.39, 0.29) is 11.5 Å². The Kier molecular flexibility index (Phi) is 4.42. The number of aromatic carboxylic acids is 1.